The molecule has 0 bridgehead atoms. The highest BCUT2D eigenvalue weighted by Crippen LogP contribution is 2.16. The Hall–Kier alpha value is -3.15. The van der Waals surface area contributed by atoms with Crippen molar-refractivity contribution in [2.75, 3.05) is 37.6 Å². The minimum atomic E-state index is -0.294. The number of hydrogen-bond donors (Lipinski definition) is 1. The monoisotopic (exact) mass is 367 g/mol. The molecule has 1 aliphatic rings. The first-order valence-corrected chi connectivity index (χ1v) is 8.91. The molecule has 0 aromatic heterocycles. The standard InChI is InChI=1S/C21H22FN3O2/c22-18-7-9-19(10-8-18)24-12-14-25(15-13-24)21(27)16-23-20(26)11-6-17-4-2-1-3-5-17/h1-11H,12-16H2,(H,23,26)/b11-6+. The summed E-state index contributed by atoms with van der Waals surface area (Å²) in [4.78, 5) is 28.0. The summed E-state index contributed by atoms with van der Waals surface area (Å²) in [5, 5.41) is 2.63. The average Bonchev–Trinajstić information content (AvgIpc) is 2.72. The molecule has 2 amide bonds. The van der Waals surface area contributed by atoms with Gasteiger partial charge in [0, 0.05) is 37.9 Å². The van der Waals surface area contributed by atoms with Gasteiger partial charge in [0.25, 0.3) is 0 Å². The topological polar surface area (TPSA) is 52.7 Å². The van der Waals surface area contributed by atoms with Gasteiger partial charge in [-0.2, -0.15) is 0 Å². The molecule has 0 spiro atoms. The lowest BCUT2D eigenvalue weighted by Crippen LogP contribution is -2.51. The average molecular weight is 367 g/mol. The van der Waals surface area contributed by atoms with Crippen molar-refractivity contribution >= 4 is 23.6 Å². The molecular formula is C21H22FN3O2. The molecular weight excluding hydrogens is 345 g/mol. The molecule has 0 radical (unpaired) electrons. The number of piperazine rings is 1. The van der Waals surface area contributed by atoms with E-state index in [-0.39, 0.29) is 24.2 Å². The molecule has 27 heavy (non-hydrogen) atoms. The molecule has 3 rings (SSSR count). The Morgan fingerprint density at radius 2 is 1.63 bits per heavy atom. The Kier molecular flexibility index (Phi) is 6.20. The van der Waals surface area contributed by atoms with E-state index in [0.29, 0.717) is 26.2 Å². The third-order valence-electron chi connectivity index (χ3n) is 4.46. The van der Waals surface area contributed by atoms with Crippen LogP contribution in [0.1, 0.15) is 5.56 Å². The number of nitrogens with zero attached hydrogens (tertiary/aromatic N) is 2. The van der Waals surface area contributed by atoms with E-state index in [1.165, 1.54) is 18.2 Å². The fraction of sp³-hybridized carbons (Fsp3) is 0.238. The largest absolute Gasteiger partial charge is 0.368 e. The number of nitrogens with one attached hydrogen (secondary N) is 1. The van der Waals surface area contributed by atoms with E-state index < -0.39 is 0 Å². The summed E-state index contributed by atoms with van der Waals surface area (Å²) < 4.78 is 13.0. The molecule has 1 heterocycles. The van der Waals surface area contributed by atoms with E-state index in [9.17, 15) is 14.0 Å². The highest BCUT2D eigenvalue weighted by atomic mass is 19.1. The Morgan fingerprint density at radius 1 is 0.963 bits per heavy atom. The fourth-order valence-electron chi connectivity index (χ4n) is 2.94. The van der Waals surface area contributed by atoms with E-state index in [4.69, 9.17) is 0 Å². The molecule has 5 nitrogen and oxygen atoms in total. The van der Waals surface area contributed by atoms with Gasteiger partial charge in [-0.3, -0.25) is 9.59 Å². The number of halogens is 1. The van der Waals surface area contributed by atoms with Gasteiger partial charge >= 0.3 is 0 Å². The Balaban J connectivity index is 1.42. The summed E-state index contributed by atoms with van der Waals surface area (Å²) in [5.41, 5.74) is 1.87. The van der Waals surface area contributed by atoms with E-state index in [1.807, 2.05) is 30.3 Å². The first kappa shape index (κ1) is 18.6. The zero-order chi connectivity index (χ0) is 19.1. The predicted molar refractivity (Wildman–Crippen MR) is 104 cm³/mol. The summed E-state index contributed by atoms with van der Waals surface area (Å²) in [6.45, 7) is 2.49. The summed E-state index contributed by atoms with van der Waals surface area (Å²) >= 11 is 0. The maximum Gasteiger partial charge on any atom is 0.244 e. The van der Waals surface area contributed by atoms with Crippen LogP contribution in [0.3, 0.4) is 0 Å². The zero-order valence-corrected chi connectivity index (χ0v) is 15.0. The second-order valence-electron chi connectivity index (χ2n) is 6.31. The third kappa shape index (κ3) is 5.41. The van der Waals surface area contributed by atoms with Crippen LogP contribution in [0, 0.1) is 5.82 Å². The third-order valence-corrected chi connectivity index (χ3v) is 4.46. The number of carbonyl (C=O) groups is 2. The molecule has 0 saturated carbocycles. The van der Waals surface area contributed by atoms with E-state index >= 15 is 0 Å². The van der Waals surface area contributed by atoms with E-state index in [2.05, 4.69) is 10.2 Å². The predicted octanol–water partition coefficient (Wildman–Crippen LogP) is 2.30. The van der Waals surface area contributed by atoms with Gasteiger partial charge in [0.05, 0.1) is 6.54 Å². The van der Waals surface area contributed by atoms with Crippen LogP contribution < -0.4 is 10.2 Å². The molecule has 0 aliphatic carbocycles. The van der Waals surface area contributed by atoms with Gasteiger partial charge in [0.2, 0.25) is 11.8 Å². The Bertz CT molecular complexity index is 798. The van der Waals surface area contributed by atoms with Crippen molar-refractivity contribution in [3.8, 4) is 0 Å². The van der Waals surface area contributed by atoms with Crippen LogP contribution >= 0.6 is 0 Å². The molecule has 140 valence electrons. The van der Waals surface area contributed by atoms with Crippen molar-refractivity contribution in [2.45, 2.75) is 0 Å². The summed E-state index contributed by atoms with van der Waals surface area (Å²) in [6.07, 6.45) is 3.14. The van der Waals surface area contributed by atoms with Crippen molar-refractivity contribution in [1.82, 2.24) is 10.2 Å². The lowest BCUT2D eigenvalue weighted by Gasteiger charge is -2.36. The minimum Gasteiger partial charge on any atom is -0.368 e. The lowest BCUT2D eigenvalue weighted by atomic mass is 10.2. The number of benzene rings is 2. The van der Waals surface area contributed by atoms with Crippen LogP contribution in [0.15, 0.2) is 60.7 Å². The normalized spacial score (nSPS) is 14.4. The fourth-order valence-corrected chi connectivity index (χ4v) is 2.94. The molecule has 0 atom stereocenters. The molecule has 1 N–H and O–H groups in total. The summed E-state index contributed by atoms with van der Waals surface area (Å²) in [6, 6.07) is 15.9. The van der Waals surface area contributed by atoms with Crippen LogP contribution in [0.2, 0.25) is 0 Å². The van der Waals surface area contributed by atoms with E-state index in [1.54, 1.807) is 23.1 Å². The summed E-state index contributed by atoms with van der Waals surface area (Å²) in [5.74, 6) is -0.656. The smallest absolute Gasteiger partial charge is 0.244 e. The van der Waals surface area contributed by atoms with Crippen molar-refractivity contribution in [1.29, 1.82) is 0 Å². The highest BCUT2D eigenvalue weighted by molar-refractivity contribution is 5.94. The van der Waals surface area contributed by atoms with Crippen LogP contribution in [0.5, 0.6) is 0 Å². The number of carbonyl (C=O) groups excluding carboxylic acids is 2. The Labute approximate surface area is 158 Å². The van der Waals surface area contributed by atoms with Gasteiger partial charge in [-0.25, -0.2) is 4.39 Å². The molecule has 1 aliphatic heterocycles. The molecule has 2 aromatic carbocycles. The molecule has 2 aromatic rings. The molecule has 1 saturated heterocycles. The first-order chi connectivity index (χ1) is 13.1. The minimum absolute atomic E-state index is 0.0193. The van der Waals surface area contributed by atoms with Gasteiger partial charge < -0.3 is 15.1 Å². The maximum atomic E-state index is 13.0. The second kappa shape index (κ2) is 8.98. The molecule has 0 unspecified atom stereocenters. The number of amides is 2. The van der Waals surface area contributed by atoms with Crippen LogP contribution in [0.4, 0.5) is 10.1 Å². The number of rotatable bonds is 5. The molecule has 1 fully saturated rings. The second-order valence-corrected chi connectivity index (χ2v) is 6.31. The zero-order valence-electron chi connectivity index (χ0n) is 15.0. The van der Waals surface area contributed by atoms with Crippen LogP contribution in [-0.2, 0) is 9.59 Å². The van der Waals surface area contributed by atoms with E-state index in [0.717, 1.165) is 11.3 Å². The van der Waals surface area contributed by atoms with Crippen LogP contribution in [-0.4, -0.2) is 49.4 Å². The van der Waals surface area contributed by atoms with Gasteiger partial charge in [0.1, 0.15) is 5.82 Å². The highest BCUT2D eigenvalue weighted by Gasteiger charge is 2.21. The van der Waals surface area contributed by atoms with Gasteiger partial charge in [0.15, 0.2) is 0 Å². The van der Waals surface area contributed by atoms with Gasteiger partial charge in [-0.15, -0.1) is 0 Å². The van der Waals surface area contributed by atoms with Crippen molar-refractivity contribution in [2.24, 2.45) is 0 Å². The lowest BCUT2D eigenvalue weighted by molar-refractivity contribution is -0.132. The van der Waals surface area contributed by atoms with Gasteiger partial charge in [-0.05, 0) is 35.9 Å². The maximum absolute atomic E-state index is 13.0. The van der Waals surface area contributed by atoms with Crippen LogP contribution in [0.25, 0.3) is 6.08 Å². The first-order valence-electron chi connectivity index (χ1n) is 8.91. The van der Waals surface area contributed by atoms with Gasteiger partial charge in [-0.1, -0.05) is 30.3 Å². The van der Waals surface area contributed by atoms with Crippen molar-refractivity contribution in [3.05, 3.63) is 72.1 Å². The molecule has 6 heteroatoms. The Morgan fingerprint density at radius 3 is 2.30 bits per heavy atom. The summed E-state index contributed by atoms with van der Waals surface area (Å²) in [7, 11) is 0. The number of hydrogen-bond acceptors (Lipinski definition) is 3. The quantitative estimate of drug-likeness (QED) is 0.825. The van der Waals surface area contributed by atoms with Crippen molar-refractivity contribution in [3.63, 3.8) is 0 Å². The number of anilines is 1. The van der Waals surface area contributed by atoms with Crippen molar-refractivity contribution < 1.29 is 14.0 Å². The SMILES string of the molecule is O=C(/C=C/c1ccccc1)NCC(=O)N1CCN(c2ccc(F)cc2)CC1.